The standard InChI is InChI=1S/C15H14FN3O3S/c16-12-6-5-11(15(20)18-14-4-1-2-7-17-14)10-13(12)23(21,22)19-8-3-9-19/h1-2,4-7,10H,3,8-9H2,(H,17,18,20). The molecular weight excluding hydrogens is 321 g/mol. The van der Waals surface area contributed by atoms with Crippen LogP contribution in [0.2, 0.25) is 0 Å². The van der Waals surface area contributed by atoms with Crippen molar-refractivity contribution in [1.82, 2.24) is 9.29 Å². The van der Waals surface area contributed by atoms with Crippen LogP contribution in [0.15, 0.2) is 47.5 Å². The van der Waals surface area contributed by atoms with Gasteiger partial charge in [-0.3, -0.25) is 4.79 Å². The average Bonchev–Trinajstić information content (AvgIpc) is 2.46. The Morgan fingerprint density at radius 1 is 1.22 bits per heavy atom. The molecular formula is C15H14FN3O3S. The minimum atomic E-state index is -3.90. The van der Waals surface area contributed by atoms with E-state index in [9.17, 15) is 17.6 Å². The Balaban J connectivity index is 1.89. The molecule has 8 heteroatoms. The number of hydrogen-bond donors (Lipinski definition) is 1. The van der Waals surface area contributed by atoms with Gasteiger partial charge in [0.15, 0.2) is 0 Å². The predicted molar refractivity (Wildman–Crippen MR) is 82.0 cm³/mol. The maximum atomic E-state index is 13.9. The van der Waals surface area contributed by atoms with Crippen LogP contribution in [0.25, 0.3) is 0 Å². The number of carbonyl (C=O) groups excluding carboxylic acids is 1. The Hall–Kier alpha value is -2.32. The van der Waals surface area contributed by atoms with Gasteiger partial charge >= 0.3 is 0 Å². The number of benzene rings is 1. The summed E-state index contributed by atoms with van der Waals surface area (Å²) < 4.78 is 39.7. The number of carbonyl (C=O) groups is 1. The summed E-state index contributed by atoms with van der Waals surface area (Å²) in [4.78, 5) is 15.6. The van der Waals surface area contributed by atoms with Gasteiger partial charge in [-0.05, 0) is 36.8 Å². The van der Waals surface area contributed by atoms with E-state index in [1.54, 1.807) is 18.2 Å². The lowest BCUT2D eigenvalue weighted by Crippen LogP contribution is -2.42. The molecule has 1 aliphatic rings. The van der Waals surface area contributed by atoms with Crippen molar-refractivity contribution < 1.29 is 17.6 Å². The van der Waals surface area contributed by atoms with E-state index in [1.165, 1.54) is 16.6 Å². The molecule has 0 atom stereocenters. The van der Waals surface area contributed by atoms with Crippen LogP contribution < -0.4 is 5.32 Å². The first-order valence-corrected chi connectivity index (χ1v) is 8.44. The summed E-state index contributed by atoms with van der Waals surface area (Å²) in [6, 6.07) is 8.28. The van der Waals surface area contributed by atoms with Gasteiger partial charge in [0.05, 0.1) is 0 Å². The molecule has 120 valence electrons. The van der Waals surface area contributed by atoms with E-state index in [0.29, 0.717) is 18.9 Å². The molecule has 1 saturated heterocycles. The number of aromatic nitrogens is 1. The van der Waals surface area contributed by atoms with Crippen LogP contribution in [-0.4, -0.2) is 36.7 Å². The highest BCUT2D eigenvalue weighted by molar-refractivity contribution is 7.89. The van der Waals surface area contributed by atoms with Gasteiger partial charge in [-0.25, -0.2) is 17.8 Å². The van der Waals surface area contributed by atoms with Crippen molar-refractivity contribution in [2.24, 2.45) is 0 Å². The molecule has 1 N–H and O–H groups in total. The molecule has 1 aromatic carbocycles. The number of anilines is 1. The van der Waals surface area contributed by atoms with Gasteiger partial charge < -0.3 is 5.32 Å². The normalized spacial score (nSPS) is 15.0. The number of rotatable bonds is 4. The van der Waals surface area contributed by atoms with Crippen LogP contribution in [0.1, 0.15) is 16.8 Å². The maximum Gasteiger partial charge on any atom is 0.256 e. The number of nitrogens with one attached hydrogen (secondary N) is 1. The van der Waals surface area contributed by atoms with Crippen LogP contribution in [0.5, 0.6) is 0 Å². The quantitative estimate of drug-likeness (QED) is 0.925. The Kier molecular flexibility index (Phi) is 4.10. The Morgan fingerprint density at radius 2 is 2.00 bits per heavy atom. The lowest BCUT2D eigenvalue weighted by Gasteiger charge is -2.29. The number of sulfonamides is 1. The van der Waals surface area contributed by atoms with Gasteiger partial charge in [0.1, 0.15) is 16.5 Å². The summed E-state index contributed by atoms with van der Waals surface area (Å²) in [6.45, 7) is 0.734. The second kappa shape index (κ2) is 6.05. The average molecular weight is 335 g/mol. The molecule has 1 amide bonds. The van der Waals surface area contributed by atoms with Gasteiger partial charge in [0.25, 0.3) is 5.91 Å². The highest BCUT2D eigenvalue weighted by Gasteiger charge is 2.32. The van der Waals surface area contributed by atoms with Crippen molar-refractivity contribution in [3.8, 4) is 0 Å². The van der Waals surface area contributed by atoms with Gasteiger partial charge in [-0.2, -0.15) is 4.31 Å². The lowest BCUT2D eigenvalue weighted by atomic mass is 10.2. The van der Waals surface area contributed by atoms with Gasteiger partial charge in [0.2, 0.25) is 10.0 Å². The van der Waals surface area contributed by atoms with E-state index >= 15 is 0 Å². The van der Waals surface area contributed by atoms with Crippen molar-refractivity contribution >= 4 is 21.7 Å². The minimum absolute atomic E-state index is 0.0520. The van der Waals surface area contributed by atoms with E-state index in [1.807, 2.05) is 0 Å². The molecule has 23 heavy (non-hydrogen) atoms. The topological polar surface area (TPSA) is 79.4 Å². The second-order valence-electron chi connectivity index (χ2n) is 5.07. The molecule has 0 radical (unpaired) electrons. The fourth-order valence-corrected chi connectivity index (χ4v) is 3.74. The maximum absolute atomic E-state index is 13.9. The van der Waals surface area contributed by atoms with Gasteiger partial charge in [0, 0.05) is 24.8 Å². The smallest absolute Gasteiger partial charge is 0.256 e. The Bertz CT molecular complexity index is 836. The van der Waals surface area contributed by atoms with Gasteiger partial charge in [-0.15, -0.1) is 0 Å². The van der Waals surface area contributed by atoms with Crippen LogP contribution in [0.3, 0.4) is 0 Å². The van der Waals surface area contributed by atoms with Crippen LogP contribution in [-0.2, 0) is 10.0 Å². The van der Waals surface area contributed by atoms with E-state index < -0.39 is 26.6 Å². The monoisotopic (exact) mass is 335 g/mol. The van der Waals surface area contributed by atoms with Crippen molar-refractivity contribution in [2.45, 2.75) is 11.3 Å². The molecule has 0 spiro atoms. The largest absolute Gasteiger partial charge is 0.307 e. The molecule has 1 aliphatic heterocycles. The summed E-state index contributed by atoms with van der Waals surface area (Å²) in [5.74, 6) is -1.09. The highest BCUT2D eigenvalue weighted by atomic mass is 32.2. The summed E-state index contributed by atoms with van der Waals surface area (Å²) in [6.07, 6.45) is 2.26. The number of amides is 1. The molecule has 0 bridgehead atoms. The summed E-state index contributed by atoms with van der Waals surface area (Å²) >= 11 is 0. The van der Waals surface area contributed by atoms with E-state index in [-0.39, 0.29) is 5.56 Å². The van der Waals surface area contributed by atoms with E-state index in [0.717, 1.165) is 18.6 Å². The summed E-state index contributed by atoms with van der Waals surface area (Å²) in [5.41, 5.74) is 0.0520. The van der Waals surface area contributed by atoms with Gasteiger partial charge in [-0.1, -0.05) is 6.07 Å². The first-order valence-electron chi connectivity index (χ1n) is 7.00. The number of pyridine rings is 1. The fourth-order valence-electron chi connectivity index (χ4n) is 2.13. The molecule has 6 nitrogen and oxygen atoms in total. The zero-order valence-corrected chi connectivity index (χ0v) is 12.9. The molecule has 2 heterocycles. The predicted octanol–water partition coefficient (Wildman–Crippen LogP) is 1.87. The molecule has 0 saturated carbocycles. The second-order valence-corrected chi connectivity index (χ2v) is 6.98. The summed E-state index contributed by atoms with van der Waals surface area (Å²) in [5, 5.41) is 2.53. The third kappa shape index (κ3) is 3.08. The van der Waals surface area contributed by atoms with Crippen LogP contribution in [0.4, 0.5) is 10.2 Å². The first kappa shape index (κ1) is 15.6. The summed E-state index contributed by atoms with van der Waals surface area (Å²) in [7, 11) is -3.90. The number of nitrogens with zero attached hydrogens (tertiary/aromatic N) is 2. The first-order chi connectivity index (χ1) is 11.0. The number of hydrogen-bond acceptors (Lipinski definition) is 4. The number of halogens is 1. The molecule has 0 aliphatic carbocycles. The Labute approximate surface area is 133 Å². The third-order valence-electron chi connectivity index (χ3n) is 3.53. The molecule has 1 aromatic heterocycles. The van der Waals surface area contributed by atoms with Crippen molar-refractivity contribution in [1.29, 1.82) is 0 Å². The van der Waals surface area contributed by atoms with Crippen molar-refractivity contribution in [3.05, 3.63) is 54.0 Å². The van der Waals surface area contributed by atoms with Crippen LogP contribution in [0, 0.1) is 5.82 Å². The van der Waals surface area contributed by atoms with Crippen molar-refractivity contribution in [2.75, 3.05) is 18.4 Å². The highest BCUT2D eigenvalue weighted by Crippen LogP contribution is 2.24. The SMILES string of the molecule is O=C(Nc1ccccn1)c1ccc(F)c(S(=O)(=O)N2CCC2)c1. The Morgan fingerprint density at radius 3 is 2.61 bits per heavy atom. The lowest BCUT2D eigenvalue weighted by molar-refractivity contribution is 0.102. The molecule has 1 fully saturated rings. The molecule has 3 rings (SSSR count). The molecule has 0 unspecified atom stereocenters. The zero-order valence-electron chi connectivity index (χ0n) is 12.1. The zero-order chi connectivity index (χ0) is 16.4. The third-order valence-corrected chi connectivity index (χ3v) is 5.45. The van der Waals surface area contributed by atoms with E-state index in [4.69, 9.17) is 0 Å². The van der Waals surface area contributed by atoms with E-state index in [2.05, 4.69) is 10.3 Å². The van der Waals surface area contributed by atoms with Crippen molar-refractivity contribution in [3.63, 3.8) is 0 Å². The fraction of sp³-hybridized carbons (Fsp3) is 0.200. The minimum Gasteiger partial charge on any atom is -0.307 e. The van der Waals surface area contributed by atoms with Crippen LogP contribution >= 0.6 is 0 Å². The molecule has 2 aromatic rings.